The molecule has 22 heavy (non-hydrogen) atoms. The molecule has 0 fully saturated rings. The van der Waals surface area contributed by atoms with Crippen LogP contribution in [0.5, 0.6) is 5.75 Å². The van der Waals surface area contributed by atoms with Gasteiger partial charge in [0.1, 0.15) is 18.2 Å². The van der Waals surface area contributed by atoms with Crippen molar-refractivity contribution in [1.29, 1.82) is 0 Å². The quantitative estimate of drug-likeness (QED) is 0.833. The van der Waals surface area contributed by atoms with Gasteiger partial charge in [-0.1, -0.05) is 12.1 Å². The number of rotatable bonds is 6. The molecule has 6 heteroatoms. The number of amides is 1. The van der Waals surface area contributed by atoms with Crippen LogP contribution in [0.1, 0.15) is 5.56 Å². The Kier molecular flexibility index (Phi) is 5.41. The van der Waals surface area contributed by atoms with Gasteiger partial charge in [0.05, 0.1) is 13.0 Å². The molecule has 3 nitrogen and oxygen atoms in total. The summed E-state index contributed by atoms with van der Waals surface area (Å²) < 4.78 is 43.6. The summed E-state index contributed by atoms with van der Waals surface area (Å²) in [7, 11) is 0. The Bertz CT molecular complexity index is 644. The molecule has 0 bridgehead atoms. The van der Waals surface area contributed by atoms with Gasteiger partial charge in [-0.05, 0) is 29.8 Å². The lowest BCUT2D eigenvalue weighted by Gasteiger charge is -2.08. The van der Waals surface area contributed by atoms with Gasteiger partial charge < -0.3 is 10.1 Å². The summed E-state index contributed by atoms with van der Waals surface area (Å²) in [4.78, 5) is 11.6. The minimum Gasteiger partial charge on any atom is -0.492 e. The zero-order valence-corrected chi connectivity index (χ0v) is 11.6. The molecule has 0 radical (unpaired) electrons. The van der Waals surface area contributed by atoms with Gasteiger partial charge >= 0.3 is 0 Å². The molecule has 0 heterocycles. The fraction of sp³-hybridized carbons (Fsp3) is 0.188. The van der Waals surface area contributed by atoms with Crippen molar-refractivity contribution in [3.8, 4) is 5.75 Å². The van der Waals surface area contributed by atoms with E-state index in [4.69, 9.17) is 4.74 Å². The average molecular weight is 309 g/mol. The molecule has 0 unspecified atom stereocenters. The van der Waals surface area contributed by atoms with Crippen molar-refractivity contribution in [3.05, 3.63) is 65.5 Å². The molecular weight excluding hydrogens is 295 g/mol. The highest BCUT2D eigenvalue weighted by Crippen LogP contribution is 2.14. The molecule has 2 aromatic rings. The van der Waals surface area contributed by atoms with Crippen LogP contribution in [-0.2, 0) is 11.2 Å². The lowest BCUT2D eigenvalue weighted by molar-refractivity contribution is -0.120. The third-order valence-corrected chi connectivity index (χ3v) is 2.86. The zero-order valence-electron chi connectivity index (χ0n) is 11.6. The molecule has 1 N–H and O–H groups in total. The fourth-order valence-electron chi connectivity index (χ4n) is 1.78. The molecule has 116 valence electrons. The topological polar surface area (TPSA) is 38.3 Å². The van der Waals surface area contributed by atoms with E-state index in [0.29, 0.717) is 5.56 Å². The normalized spacial score (nSPS) is 10.3. The lowest BCUT2D eigenvalue weighted by atomic mass is 10.1. The maximum absolute atomic E-state index is 12.9. The maximum Gasteiger partial charge on any atom is 0.224 e. The summed E-state index contributed by atoms with van der Waals surface area (Å²) >= 11 is 0. The van der Waals surface area contributed by atoms with Crippen LogP contribution in [-0.4, -0.2) is 19.1 Å². The first kappa shape index (κ1) is 15.9. The van der Waals surface area contributed by atoms with Crippen LogP contribution >= 0.6 is 0 Å². The SMILES string of the molecule is O=C(Cc1ccc(F)cc1)NCCOc1ccc(F)c(F)c1. The Morgan fingerprint density at radius 1 is 1.00 bits per heavy atom. The number of benzene rings is 2. The summed E-state index contributed by atoms with van der Waals surface area (Å²) in [5, 5.41) is 2.62. The molecule has 0 aliphatic heterocycles. The van der Waals surface area contributed by atoms with Gasteiger partial charge in [-0.15, -0.1) is 0 Å². The number of carbonyl (C=O) groups excluding carboxylic acids is 1. The van der Waals surface area contributed by atoms with Crippen molar-refractivity contribution < 1.29 is 22.7 Å². The van der Waals surface area contributed by atoms with Gasteiger partial charge in [0.2, 0.25) is 5.91 Å². The van der Waals surface area contributed by atoms with E-state index in [0.717, 1.165) is 12.1 Å². The number of nitrogens with one attached hydrogen (secondary N) is 1. The standard InChI is InChI=1S/C16H14F3NO2/c17-12-3-1-11(2-4-12)9-16(21)20-7-8-22-13-5-6-14(18)15(19)10-13/h1-6,10H,7-9H2,(H,20,21). The second-order valence-electron chi connectivity index (χ2n) is 4.58. The first-order valence-electron chi connectivity index (χ1n) is 6.63. The van der Waals surface area contributed by atoms with Crippen molar-refractivity contribution in [1.82, 2.24) is 5.32 Å². The first-order chi connectivity index (χ1) is 10.5. The van der Waals surface area contributed by atoms with E-state index in [1.54, 1.807) is 0 Å². The average Bonchev–Trinajstić information content (AvgIpc) is 2.49. The zero-order chi connectivity index (χ0) is 15.9. The minimum absolute atomic E-state index is 0.125. The van der Waals surface area contributed by atoms with Crippen LogP contribution in [0, 0.1) is 17.5 Å². The minimum atomic E-state index is -0.988. The number of carbonyl (C=O) groups is 1. The largest absolute Gasteiger partial charge is 0.492 e. The van der Waals surface area contributed by atoms with Crippen LogP contribution in [0.25, 0.3) is 0 Å². The molecule has 0 aliphatic rings. The van der Waals surface area contributed by atoms with E-state index in [2.05, 4.69) is 5.32 Å². The van der Waals surface area contributed by atoms with Crippen LogP contribution in [0.15, 0.2) is 42.5 Å². The van der Waals surface area contributed by atoms with E-state index in [1.165, 1.54) is 30.3 Å². The Balaban J connectivity index is 1.70. The van der Waals surface area contributed by atoms with Gasteiger partial charge in [0, 0.05) is 6.07 Å². The van der Waals surface area contributed by atoms with E-state index in [1.807, 2.05) is 0 Å². The Morgan fingerprint density at radius 3 is 2.41 bits per heavy atom. The molecule has 0 spiro atoms. The van der Waals surface area contributed by atoms with Gasteiger partial charge in [-0.2, -0.15) is 0 Å². The monoisotopic (exact) mass is 309 g/mol. The van der Waals surface area contributed by atoms with Crippen LogP contribution in [0.2, 0.25) is 0 Å². The molecule has 2 rings (SSSR count). The first-order valence-corrected chi connectivity index (χ1v) is 6.63. The van der Waals surface area contributed by atoms with Crippen molar-refractivity contribution in [3.63, 3.8) is 0 Å². The summed E-state index contributed by atoms with van der Waals surface area (Å²) in [6.45, 7) is 0.346. The van der Waals surface area contributed by atoms with Gasteiger partial charge in [-0.3, -0.25) is 4.79 Å². The fourth-order valence-corrected chi connectivity index (χ4v) is 1.78. The number of ether oxygens (including phenoxy) is 1. The third kappa shape index (κ3) is 4.80. The second-order valence-corrected chi connectivity index (χ2v) is 4.58. The molecule has 0 atom stereocenters. The third-order valence-electron chi connectivity index (χ3n) is 2.86. The highest BCUT2D eigenvalue weighted by Gasteiger charge is 2.05. The number of halogens is 3. The summed E-state index contributed by atoms with van der Waals surface area (Å²) in [5.74, 6) is -2.34. The number of hydrogen-bond donors (Lipinski definition) is 1. The van der Waals surface area contributed by atoms with E-state index in [9.17, 15) is 18.0 Å². The molecule has 0 saturated carbocycles. The van der Waals surface area contributed by atoms with Crippen molar-refractivity contribution in [2.75, 3.05) is 13.2 Å². The predicted molar refractivity (Wildman–Crippen MR) is 75.0 cm³/mol. The van der Waals surface area contributed by atoms with Crippen LogP contribution in [0.4, 0.5) is 13.2 Å². The summed E-state index contributed by atoms with van der Waals surface area (Å²) in [5.41, 5.74) is 0.695. The molecule has 0 saturated heterocycles. The molecular formula is C16H14F3NO2. The molecule has 1 amide bonds. The highest BCUT2D eigenvalue weighted by atomic mass is 19.2. The van der Waals surface area contributed by atoms with Gasteiger partial charge in [0.15, 0.2) is 11.6 Å². The van der Waals surface area contributed by atoms with Crippen LogP contribution < -0.4 is 10.1 Å². The van der Waals surface area contributed by atoms with Crippen molar-refractivity contribution >= 4 is 5.91 Å². The van der Waals surface area contributed by atoms with E-state index in [-0.39, 0.29) is 37.0 Å². The second kappa shape index (κ2) is 7.49. The Morgan fingerprint density at radius 2 is 1.73 bits per heavy atom. The number of hydrogen-bond acceptors (Lipinski definition) is 2. The summed E-state index contributed by atoms with van der Waals surface area (Å²) in [6.07, 6.45) is 0.130. The van der Waals surface area contributed by atoms with Crippen molar-refractivity contribution in [2.45, 2.75) is 6.42 Å². The van der Waals surface area contributed by atoms with Gasteiger partial charge in [-0.25, -0.2) is 13.2 Å². The smallest absolute Gasteiger partial charge is 0.224 e. The maximum atomic E-state index is 12.9. The highest BCUT2D eigenvalue weighted by molar-refractivity contribution is 5.78. The van der Waals surface area contributed by atoms with E-state index < -0.39 is 11.6 Å². The molecule has 0 aromatic heterocycles. The van der Waals surface area contributed by atoms with Crippen LogP contribution in [0.3, 0.4) is 0 Å². The Hall–Kier alpha value is -2.50. The molecule has 0 aliphatic carbocycles. The Labute approximate surface area is 125 Å². The van der Waals surface area contributed by atoms with Gasteiger partial charge in [0.25, 0.3) is 0 Å². The summed E-state index contributed by atoms with van der Waals surface area (Å²) in [6, 6.07) is 8.86. The van der Waals surface area contributed by atoms with Crippen molar-refractivity contribution in [2.24, 2.45) is 0 Å². The molecule has 2 aromatic carbocycles. The lowest BCUT2D eigenvalue weighted by Crippen LogP contribution is -2.29. The van der Waals surface area contributed by atoms with E-state index >= 15 is 0 Å². The predicted octanol–water partition coefficient (Wildman–Crippen LogP) is 2.84.